The van der Waals surface area contributed by atoms with Crippen molar-refractivity contribution in [3.05, 3.63) is 6.08 Å². The molecule has 2 rings (SSSR count). The van der Waals surface area contributed by atoms with E-state index in [0.717, 1.165) is 16.4 Å². The molecule has 1 fully saturated rings. The molecular weight excluding hydrogens is 128 g/mol. The van der Waals surface area contributed by atoms with Crippen LogP contribution in [0.15, 0.2) is 6.08 Å². The molecule has 0 aliphatic carbocycles. The van der Waals surface area contributed by atoms with Gasteiger partial charge in [-0.1, -0.05) is 18.9 Å². The summed E-state index contributed by atoms with van der Waals surface area (Å²) in [6.45, 7) is 4.66. The molecule has 2 aliphatic heterocycles. The first-order chi connectivity index (χ1) is 4.29. The summed E-state index contributed by atoms with van der Waals surface area (Å²) < 4.78 is 0. The second-order valence-corrected chi connectivity index (χ2v) is 5.49. The standard InChI is InChI=1S/C8H12S/c1-6-3-4-9-7(2)5-8(6)9/h3,6-8H,5H2,1-2H3. The van der Waals surface area contributed by atoms with E-state index in [1.807, 2.05) is 0 Å². The Morgan fingerprint density at radius 2 is 2.33 bits per heavy atom. The van der Waals surface area contributed by atoms with Gasteiger partial charge in [0.15, 0.2) is 0 Å². The van der Waals surface area contributed by atoms with Gasteiger partial charge in [-0.2, -0.15) is 0 Å². The molecule has 0 saturated carbocycles. The number of hydrogen-bond acceptors (Lipinski definition) is 0. The van der Waals surface area contributed by atoms with Gasteiger partial charge in [-0.25, -0.2) is 0 Å². The van der Waals surface area contributed by atoms with Gasteiger partial charge in [0.25, 0.3) is 0 Å². The summed E-state index contributed by atoms with van der Waals surface area (Å²) in [6.07, 6.45) is 3.73. The lowest BCUT2D eigenvalue weighted by molar-refractivity contribution is 0.588. The summed E-state index contributed by atoms with van der Waals surface area (Å²) in [5.74, 6) is 0.838. The van der Waals surface area contributed by atoms with Crippen molar-refractivity contribution in [2.24, 2.45) is 5.92 Å². The molecular formula is C8H12S. The predicted molar refractivity (Wildman–Crippen MR) is 44.2 cm³/mol. The van der Waals surface area contributed by atoms with Crippen molar-refractivity contribution in [1.82, 2.24) is 0 Å². The highest BCUT2D eigenvalue weighted by molar-refractivity contribution is 8.17. The van der Waals surface area contributed by atoms with Crippen molar-refractivity contribution in [2.75, 3.05) is 0 Å². The third kappa shape index (κ3) is 0.653. The van der Waals surface area contributed by atoms with Crippen LogP contribution in [-0.4, -0.2) is 15.5 Å². The smallest absolute Gasteiger partial charge is 0.0146 e. The van der Waals surface area contributed by atoms with E-state index in [0.29, 0.717) is 10.5 Å². The van der Waals surface area contributed by atoms with Gasteiger partial charge in [0.1, 0.15) is 0 Å². The average molecular weight is 140 g/mol. The fourth-order valence-electron chi connectivity index (χ4n) is 1.65. The predicted octanol–water partition coefficient (Wildman–Crippen LogP) is 2.02. The van der Waals surface area contributed by atoms with Crippen LogP contribution in [0.4, 0.5) is 0 Å². The highest BCUT2D eigenvalue weighted by atomic mass is 32.2. The normalized spacial score (nSPS) is 54.0. The Bertz CT molecular complexity index is 199. The summed E-state index contributed by atoms with van der Waals surface area (Å²) in [6, 6.07) is 0. The molecule has 0 aromatic heterocycles. The van der Waals surface area contributed by atoms with Crippen LogP contribution in [0.25, 0.3) is 0 Å². The third-order valence-corrected chi connectivity index (χ3v) is 5.12. The molecule has 0 radical (unpaired) electrons. The zero-order valence-corrected chi connectivity index (χ0v) is 6.74. The fraction of sp³-hybridized carbons (Fsp3) is 0.750. The third-order valence-electron chi connectivity index (χ3n) is 2.38. The number of rotatable bonds is 0. The van der Waals surface area contributed by atoms with Crippen molar-refractivity contribution < 1.29 is 0 Å². The van der Waals surface area contributed by atoms with Crippen LogP contribution >= 0.6 is 10.5 Å². The first-order valence-electron chi connectivity index (χ1n) is 3.60. The van der Waals surface area contributed by atoms with E-state index in [1.54, 1.807) is 0 Å². The number of fused-ring (bicyclic) bond motifs is 1. The van der Waals surface area contributed by atoms with Crippen molar-refractivity contribution in [2.45, 2.75) is 30.8 Å². The van der Waals surface area contributed by atoms with E-state index in [4.69, 9.17) is 0 Å². The summed E-state index contributed by atoms with van der Waals surface area (Å²) in [5.41, 5.74) is 0. The molecule has 0 nitrogen and oxygen atoms in total. The van der Waals surface area contributed by atoms with Gasteiger partial charge in [-0.05, 0) is 18.4 Å². The zero-order chi connectivity index (χ0) is 6.43. The second-order valence-electron chi connectivity index (χ2n) is 3.10. The number of hydrogen-bond donors (Lipinski definition) is 0. The van der Waals surface area contributed by atoms with Gasteiger partial charge >= 0.3 is 0 Å². The minimum atomic E-state index is 0.583. The van der Waals surface area contributed by atoms with Gasteiger partial charge in [-0.3, -0.25) is 0 Å². The molecule has 50 valence electrons. The summed E-state index contributed by atoms with van der Waals surface area (Å²) >= 11 is 0. The topological polar surface area (TPSA) is 0 Å². The maximum Gasteiger partial charge on any atom is 0.0146 e. The molecule has 0 amide bonds. The molecule has 0 bridgehead atoms. The lowest BCUT2D eigenvalue weighted by atomic mass is 10.0. The van der Waals surface area contributed by atoms with Crippen LogP contribution < -0.4 is 0 Å². The first kappa shape index (κ1) is 5.76. The molecule has 0 aromatic carbocycles. The van der Waals surface area contributed by atoms with Gasteiger partial charge in [0.05, 0.1) is 0 Å². The maximum atomic E-state index is 3.46. The largest absolute Gasteiger partial charge is 0.137 e. The Labute approximate surface area is 58.9 Å². The summed E-state index contributed by atoms with van der Waals surface area (Å²) in [5, 5.41) is 5.41. The summed E-state index contributed by atoms with van der Waals surface area (Å²) in [7, 11) is 0.583. The van der Waals surface area contributed by atoms with Gasteiger partial charge < -0.3 is 0 Å². The zero-order valence-electron chi connectivity index (χ0n) is 5.92. The lowest BCUT2D eigenvalue weighted by Crippen LogP contribution is -2.29. The van der Waals surface area contributed by atoms with Crippen LogP contribution in [0.5, 0.6) is 0 Å². The molecule has 4 atom stereocenters. The molecule has 0 spiro atoms. The second kappa shape index (κ2) is 1.74. The van der Waals surface area contributed by atoms with Crippen molar-refractivity contribution >= 4 is 15.5 Å². The SMILES string of the molecule is CC1C=C=S2C(C)CC12. The number of allylic oxidation sites excluding steroid dienone is 1. The van der Waals surface area contributed by atoms with E-state index < -0.39 is 0 Å². The van der Waals surface area contributed by atoms with E-state index >= 15 is 0 Å². The Hall–Kier alpha value is 0. The van der Waals surface area contributed by atoms with E-state index in [1.165, 1.54) is 6.42 Å². The van der Waals surface area contributed by atoms with Crippen LogP contribution in [-0.2, 0) is 0 Å². The van der Waals surface area contributed by atoms with E-state index in [2.05, 4.69) is 24.9 Å². The lowest BCUT2D eigenvalue weighted by Gasteiger charge is -2.36. The van der Waals surface area contributed by atoms with Crippen LogP contribution in [0.3, 0.4) is 0 Å². The average Bonchev–Trinajstić information content (AvgIpc) is 2.07. The first-order valence-corrected chi connectivity index (χ1v) is 4.95. The Balaban J connectivity index is 2.24. The molecule has 0 aromatic rings. The summed E-state index contributed by atoms with van der Waals surface area (Å²) in [4.78, 5) is 0. The molecule has 4 unspecified atom stereocenters. The van der Waals surface area contributed by atoms with E-state index in [-0.39, 0.29) is 0 Å². The van der Waals surface area contributed by atoms with Crippen LogP contribution in [0.2, 0.25) is 0 Å². The molecule has 2 heterocycles. The van der Waals surface area contributed by atoms with Gasteiger partial charge in [0, 0.05) is 10.5 Å². The molecule has 1 saturated heterocycles. The fourth-order valence-corrected chi connectivity index (χ4v) is 4.12. The molecule has 1 heteroatoms. The highest BCUT2D eigenvalue weighted by Crippen LogP contribution is 2.48. The minimum Gasteiger partial charge on any atom is -0.137 e. The van der Waals surface area contributed by atoms with Crippen LogP contribution in [0, 0.1) is 5.92 Å². The monoisotopic (exact) mass is 140 g/mol. The van der Waals surface area contributed by atoms with Crippen molar-refractivity contribution in [3.8, 4) is 0 Å². The molecule has 0 N–H and O–H groups in total. The Morgan fingerprint density at radius 3 is 2.78 bits per heavy atom. The van der Waals surface area contributed by atoms with Gasteiger partial charge in [0.2, 0.25) is 0 Å². The maximum absolute atomic E-state index is 3.46. The Kier molecular flexibility index (Phi) is 1.12. The van der Waals surface area contributed by atoms with E-state index in [9.17, 15) is 0 Å². The van der Waals surface area contributed by atoms with Crippen molar-refractivity contribution in [1.29, 1.82) is 0 Å². The van der Waals surface area contributed by atoms with Crippen LogP contribution in [0.1, 0.15) is 20.3 Å². The molecule has 9 heavy (non-hydrogen) atoms. The Morgan fingerprint density at radius 1 is 1.56 bits per heavy atom. The molecule has 2 aliphatic rings. The minimum absolute atomic E-state index is 0.583. The van der Waals surface area contributed by atoms with Crippen molar-refractivity contribution in [3.63, 3.8) is 0 Å². The van der Waals surface area contributed by atoms with Gasteiger partial charge in [-0.15, -0.1) is 10.5 Å². The highest BCUT2D eigenvalue weighted by Gasteiger charge is 2.36. The quantitative estimate of drug-likeness (QED) is 0.452.